The van der Waals surface area contributed by atoms with Crippen molar-refractivity contribution >= 4 is 12.6 Å². The molecule has 0 aromatic carbocycles. The number of hydrogen-bond donors (Lipinski definition) is 2. The smallest absolute Gasteiger partial charge is 0.0391 e. The third-order valence-electron chi connectivity index (χ3n) is 3.10. The van der Waals surface area contributed by atoms with E-state index in [1.807, 2.05) is 0 Å². The predicted octanol–water partition coefficient (Wildman–Crippen LogP) is 3.07. The van der Waals surface area contributed by atoms with Crippen LogP contribution in [-0.4, -0.2) is 11.4 Å². The van der Waals surface area contributed by atoms with Gasteiger partial charge in [-0.15, -0.1) is 0 Å². The Bertz CT molecular complexity index is 112. The average molecular weight is 189 g/mol. The molecule has 0 rings (SSSR count). The lowest BCUT2D eigenvalue weighted by Gasteiger charge is -2.37. The summed E-state index contributed by atoms with van der Waals surface area (Å²) < 4.78 is 0. The van der Waals surface area contributed by atoms with Crippen molar-refractivity contribution in [3.05, 3.63) is 0 Å². The lowest BCUT2D eigenvalue weighted by Crippen LogP contribution is -2.47. The van der Waals surface area contributed by atoms with E-state index >= 15 is 0 Å². The van der Waals surface area contributed by atoms with E-state index in [0.717, 1.165) is 11.8 Å². The summed E-state index contributed by atoms with van der Waals surface area (Å²) in [6.07, 6.45) is 3.68. The molecule has 0 aliphatic carbocycles. The molecule has 74 valence electrons. The maximum atomic E-state index is 4.23. The molecule has 0 aliphatic rings. The van der Waals surface area contributed by atoms with Gasteiger partial charge in [0.1, 0.15) is 0 Å². The fourth-order valence-corrected chi connectivity index (χ4v) is 2.29. The van der Waals surface area contributed by atoms with E-state index in [4.69, 9.17) is 0 Å². The fourth-order valence-electron chi connectivity index (χ4n) is 1.93. The molecule has 0 saturated heterocycles. The monoisotopic (exact) mass is 189 g/mol. The van der Waals surface area contributed by atoms with E-state index in [2.05, 4.69) is 45.6 Å². The van der Waals surface area contributed by atoms with Gasteiger partial charge in [-0.05, 0) is 19.3 Å². The number of hydrogen-bond acceptors (Lipinski definition) is 2. The number of nitrogens with one attached hydrogen (secondary N) is 1. The molecule has 0 heterocycles. The quantitative estimate of drug-likeness (QED) is 0.483. The van der Waals surface area contributed by atoms with Gasteiger partial charge in [0.05, 0.1) is 0 Å². The van der Waals surface area contributed by atoms with Gasteiger partial charge in [-0.25, -0.2) is 0 Å². The summed E-state index contributed by atoms with van der Waals surface area (Å²) in [6.45, 7) is 9.08. The normalized spacial score (nSPS) is 16.5. The van der Waals surface area contributed by atoms with Crippen molar-refractivity contribution in [2.24, 2.45) is 5.92 Å². The van der Waals surface area contributed by atoms with Gasteiger partial charge in [0.2, 0.25) is 0 Å². The summed E-state index contributed by atoms with van der Waals surface area (Å²) in [6, 6.07) is 0. The van der Waals surface area contributed by atoms with Gasteiger partial charge in [0.25, 0.3) is 0 Å². The summed E-state index contributed by atoms with van der Waals surface area (Å²) in [5.74, 6) is 1.55. The maximum Gasteiger partial charge on any atom is 0.0391 e. The van der Waals surface area contributed by atoms with Crippen LogP contribution in [0.4, 0.5) is 0 Å². The molecule has 0 aromatic heterocycles. The van der Waals surface area contributed by atoms with Crippen molar-refractivity contribution in [1.29, 1.82) is 0 Å². The molecule has 0 saturated carbocycles. The van der Waals surface area contributed by atoms with Crippen LogP contribution in [0.2, 0.25) is 0 Å². The molecule has 2 heteroatoms. The Balaban J connectivity index is 4.24. The Morgan fingerprint density at radius 2 is 1.75 bits per heavy atom. The molecule has 1 N–H and O–H groups in total. The molecule has 0 spiro atoms. The second-order valence-corrected chi connectivity index (χ2v) is 3.94. The summed E-state index contributed by atoms with van der Waals surface area (Å²) in [7, 11) is 0. The second-order valence-electron chi connectivity index (χ2n) is 3.62. The first-order chi connectivity index (χ1) is 5.64. The van der Waals surface area contributed by atoms with Crippen molar-refractivity contribution < 1.29 is 0 Å². The van der Waals surface area contributed by atoms with Crippen LogP contribution in [0.1, 0.15) is 47.0 Å². The van der Waals surface area contributed by atoms with E-state index in [1.54, 1.807) is 0 Å². The first-order valence-corrected chi connectivity index (χ1v) is 5.63. The van der Waals surface area contributed by atoms with Crippen LogP contribution in [0, 0.1) is 5.92 Å². The molecule has 1 nitrogen and oxygen atoms in total. The van der Waals surface area contributed by atoms with E-state index < -0.39 is 0 Å². The van der Waals surface area contributed by atoms with Crippen molar-refractivity contribution in [2.75, 3.05) is 5.88 Å². The molecular weight excluding hydrogens is 166 g/mol. The molecule has 0 bridgehead atoms. The topological polar surface area (TPSA) is 12.0 Å². The standard InChI is InChI=1S/C10H23NS/c1-5-9(6-2)10(4,7-3)11-8-12/h9,11-12H,5-8H2,1-4H3. The van der Waals surface area contributed by atoms with Gasteiger partial charge >= 0.3 is 0 Å². The lowest BCUT2D eigenvalue weighted by molar-refractivity contribution is 0.220. The Morgan fingerprint density at radius 1 is 1.25 bits per heavy atom. The van der Waals surface area contributed by atoms with Crippen molar-refractivity contribution in [2.45, 2.75) is 52.5 Å². The Morgan fingerprint density at radius 3 is 2.00 bits per heavy atom. The van der Waals surface area contributed by atoms with Crippen LogP contribution >= 0.6 is 12.6 Å². The minimum Gasteiger partial charge on any atom is -0.303 e. The minimum absolute atomic E-state index is 0.283. The van der Waals surface area contributed by atoms with Crippen LogP contribution in [0.15, 0.2) is 0 Å². The van der Waals surface area contributed by atoms with Crippen molar-refractivity contribution in [1.82, 2.24) is 5.32 Å². The molecule has 0 aliphatic heterocycles. The fraction of sp³-hybridized carbons (Fsp3) is 1.00. The zero-order valence-corrected chi connectivity index (χ0v) is 9.75. The molecule has 1 unspecified atom stereocenters. The molecule has 0 fully saturated rings. The molecule has 12 heavy (non-hydrogen) atoms. The highest BCUT2D eigenvalue weighted by atomic mass is 32.1. The lowest BCUT2D eigenvalue weighted by atomic mass is 9.80. The zero-order valence-electron chi connectivity index (χ0n) is 8.85. The van der Waals surface area contributed by atoms with Gasteiger partial charge in [-0.3, -0.25) is 0 Å². The number of rotatable bonds is 6. The SMILES string of the molecule is CCC(CC)C(C)(CC)NCS. The number of thiol groups is 1. The molecule has 0 aromatic rings. The van der Waals surface area contributed by atoms with Crippen LogP contribution in [0.5, 0.6) is 0 Å². The third-order valence-corrected chi connectivity index (χ3v) is 3.26. The van der Waals surface area contributed by atoms with E-state index in [-0.39, 0.29) is 5.54 Å². The summed E-state index contributed by atoms with van der Waals surface area (Å²) in [4.78, 5) is 0. The highest BCUT2D eigenvalue weighted by Gasteiger charge is 2.28. The van der Waals surface area contributed by atoms with Crippen LogP contribution in [0.3, 0.4) is 0 Å². The van der Waals surface area contributed by atoms with Gasteiger partial charge in [0, 0.05) is 11.4 Å². The summed E-state index contributed by atoms with van der Waals surface area (Å²) in [5, 5.41) is 3.47. The van der Waals surface area contributed by atoms with Crippen LogP contribution in [-0.2, 0) is 0 Å². The molecular formula is C10H23NS. The maximum absolute atomic E-state index is 4.23. The molecule has 1 atom stereocenters. The largest absolute Gasteiger partial charge is 0.303 e. The zero-order chi connectivity index (χ0) is 9.61. The average Bonchev–Trinajstić information content (AvgIpc) is 2.07. The van der Waals surface area contributed by atoms with Crippen LogP contribution in [0.25, 0.3) is 0 Å². The molecule has 0 radical (unpaired) electrons. The van der Waals surface area contributed by atoms with Gasteiger partial charge in [-0.2, -0.15) is 12.6 Å². The Labute approximate surface area is 82.7 Å². The first kappa shape index (κ1) is 12.3. The highest BCUT2D eigenvalue weighted by molar-refractivity contribution is 7.80. The predicted molar refractivity (Wildman–Crippen MR) is 59.8 cm³/mol. The highest BCUT2D eigenvalue weighted by Crippen LogP contribution is 2.26. The summed E-state index contributed by atoms with van der Waals surface area (Å²) in [5.41, 5.74) is 0.283. The second kappa shape index (κ2) is 5.87. The van der Waals surface area contributed by atoms with Gasteiger partial charge in [-0.1, -0.05) is 33.6 Å². The van der Waals surface area contributed by atoms with Crippen molar-refractivity contribution in [3.8, 4) is 0 Å². The van der Waals surface area contributed by atoms with Crippen LogP contribution < -0.4 is 5.32 Å². The molecule has 0 amide bonds. The summed E-state index contributed by atoms with van der Waals surface area (Å²) >= 11 is 4.23. The minimum atomic E-state index is 0.283. The van der Waals surface area contributed by atoms with Crippen molar-refractivity contribution in [3.63, 3.8) is 0 Å². The van der Waals surface area contributed by atoms with E-state index in [9.17, 15) is 0 Å². The van der Waals surface area contributed by atoms with E-state index in [0.29, 0.717) is 0 Å². The van der Waals surface area contributed by atoms with Gasteiger partial charge in [0.15, 0.2) is 0 Å². The Hall–Kier alpha value is 0.310. The van der Waals surface area contributed by atoms with E-state index in [1.165, 1.54) is 19.3 Å². The first-order valence-electron chi connectivity index (χ1n) is 5.00. The van der Waals surface area contributed by atoms with Gasteiger partial charge < -0.3 is 5.32 Å². The Kier molecular flexibility index (Phi) is 6.02. The third kappa shape index (κ3) is 2.98.